The maximum Gasteiger partial charge on any atom is 0.160 e. The van der Waals surface area contributed by atoms with Gasteiger partial charge in [0.05, 0.1) is 0 Å². The van der Waals surface area contributed by atoms with Crippen molar-refractivity contribution in [2.45, 2.75) is 19.3 Å². The van der Waals surface area contributed by atoms with Crippen molar-refractivity contribution >= 4 is 39.1 Å². The van der Waals surface area contributed by atoms with Gasteiger partial charge in [-0.05, 0) is 58.8 Å². The fourth-order valence-corrected chi connectivity index (χ4v) is 3.84. The molecule has 3 heterocycles. The zero-order chi connectivity index (χ0) is 19.3. The molecule has 1 aromatic carbocycles. The van der Waals surface area contributed by atoms with Crippen LogP contribution in [0.3, 0.4) is 0 Å². The van der Waals surface area contributed by atoms with Gasteiger partial charge in [0.2, 0.25) is 0 Å². The average Bonchev–Trinajstić information content (AvgIpc) is 2.73. The van der Waals surface area contributed by atoms with Gasteiger partial charge >= 0.3 is 0 Å². The second-order valence-corrected chi connectivity index (χ2v) is 7.98. The maximum atomic E-state index is 6.38. The van der Waals surface area contributed by atoms with E-state index in [9.17, 15) is 0 Å². The first kappa shape index (κ1) is 18.7. The number of hydrogen-bond donors (Lipinski definition) is 2. The van der Waals surface area contributed by atoms with Crippen LogP contribution in [0, 0.1) is 5.92 Å². The lowest BCUT2D eigenvalue weighted by Crippen LogP contribution is -2.35. The van der Waals surface area contributed by atoms with Gasteiger partial charge in [-0.1, -0.05) is 30.3 Å². The molecule has 144 valence electrons. The van der Waals surface area contributed by atoms with Gasteiger partial charge in [0.1, 0.15) is 17.8 Å². The largest absolute Gasteiger partial charge is 0.393 e. The van der Waals surface area contributed by atoms with E-state index in [1.54, 1.807) is 12.5 Å². The van der Waals surface area contributed by atoms with Crippen molar-refractivity contribution in [2.24, 2.45) is 5.92 Å². The van der Waals surface area contributed by atoms with E-state index in [1.165, 1.54) is 5.56 Å². The number of nitrogens with one attached hydrogen (secondary N) is 1. The Morgan fingerprint density at radius 3 is 2.54 bits per heavy atom. The van der Waals surface area contributed by atoms with Crippen molar-refractivity contribution in [3.8, 4) is 0 Å². The van der Waals surface area contributed by atoms with E-state index in [4.69, 9.17) is 5.73 Å². The molecule has 0 saturated carbocycles. The number of piperidine rings is 1. The van der Waals surface area contributed by atoms with Crippen molar-refractivity contribution in [3.05, 3.63) is 65.0 Å². The minimum atomic E-state index is 0.564. The number of halogens is 1. The highest BCUT2D eigenvalue weighted by Gasteiger charge is 2.23. The molecular formula is C21H23BrN6. The van der Waals surface area contributed by atoms with Gasteiger partial charge in [-0.3, -0.25) is 0 Å². The molecule has 4 rings (SSSR count). The second-order valence-electron chi connectivity index (χ2n) is 7.07. The average molecular weight is 439 g/mol. The lowest BCUT2D eigenvalue weighted by molar-refractivity contribution is 0.402. The maximum absolute atomic E-state index is 6.38. The molecule has 0 spiro atoms. The summed E-state index contributed by atoms with van der Waals surface area (Å²) in [6, 6.07) is 14.5. The zero-order valence-corrected chi connectivity index (χ0v) is 17.1. The van der Waals surface area contributed by atoms with Gasteiger partial charge in [0, 0.05) is 23.8 Å². The Labute approximate surface area is 173 Å². The number of hydrogen-bond acceptors (Lipinski definition) is 6. The molecule has 0 bridgehead atoms. The van der Waals surface area contributed by atoms with Gasteiger partial charge in [-0.15, -0.1) is 0 Å². The quantitative estimate of drug-likeness (QED) is 0.613. The van der Waals surface area contributed by atoms with Crippen LogP contribution in [0.4, 0.5) is 23.1 Å². The van der Waals surface area contributed by atoms with Gasteiger partial charge in [0.15, 0.2) is 11.6 Å². The molecule has 0 amide bonds. The Hall–Kier alpha value is -2.67. The number of nitrogen functional groups attached to an aromatic ring is 1. The highest BCUT2D eigenvalue weighted by atomic mass is 79.9. The van der Waals surface area contributed by atoms with Crippen LogP contribution in [0.15, 0.2) is 59.5 Å². The number of benzene rings is 1. The molecular weight excluding hydrogens is 416 g/mol. The van der Waals surface area contributed by atoms with Crippen LogP contribution in [0.1, 0.15) is 18.4 Å². The summed E-state index contributed by atoms with van der Waals surface area (Å²) in [4.78, 5) is 15.3. The van der Waals surface area contributed by atoms with E-state index in [-0.39, 0.29) is 0 Å². The third-order valence-corrected chi connectivity index (χ3v) is 5.59. The summed E-state index contributed by atoms with van der Waals surface area (Å²) in [5.74, 6) is 2.78. The lowest BCUT2D eigenvalue weighted by atomic mass is 9.90. The fraction of sp³-hybridized carbons (Fsp3) is 0.286. The molecule has 0 unspecified atom stereocenters. The SMILES string of the molecule is Nc1c(Nc2ccc(Br)cn2)ncnc1N1CCC(Cc2ccccc2)CC1. The molecule has 1 fully saturated rings. The molecule has 1 aliphatic rings. The monoisotopic (exact) mass is 438 g/mol. The molecule has 28 heavy (non-hydrogen) atoms. The molecule has 0 aliphatic carbocycles. The minimum absolute atomic E-state index is 0.564. The van der Waals surface area contributed by atoms with Gasteiger partial charge < -0.3 is 16.0 Å². The highest BCUT2D eigenvalue weighted by Crippen LogP contribution is 2.31. The third kappa shape index (κ3) is 4.42. The van der Waals surface area contributed by atoms with Crippen LogP contribution in [-0.2, 0) is 6.42 Å². The molecule has 2 aromatic heterocycles. The zero-order valence-electron chi connectivity index (χ0n) is 15.6. The summed E-state index contributed by atoms with van der Waals surface area (Å²) in [5, 5.41) is 3.19. The molecule has 3 aromatic rings. The summed E-state index contributed by atoms with van der Waals surface area (Å²) < 4.78 is 0.924. The van der Waals surface area contributed by atoms with Crippen LogP contribution in [0.25, 0.3) is 0 Å². The van der Waals surface area contributed by atoms with Crippen molar-refractivity contribution in [1.29, 1.82) is 0 Å². The molecule has 7 heteroatoms. The fourth-order valence-electron chi connectivity index (χ4n) is 3.61. The van der Waals surface area contributed by atoms with Crippen molar-refractivity contribution in [2.75, 3.05) is 29.0 Å². The number of pyridine rings is 1. The van der Waals surface area contributed by atoms with Crippen LogP contribution >= 0.6 is 15.9 Å². The Morgan fingerprint density at radius 2 is 1.82 bits per heavy atom. The summed E-state index contributed by atoms with van der Waals surface area (Å²) in [6.07, 6.45) is 6.70. The predicted octanol–water partition coefficient (Wildman–Crippen LogP) is 4.42. The molecule has 0 radical (unpaired) electrons. The summed E-state index contributed by atoms with van der Waals surface area (Å²) in [6.45, 7) is 1.91. The van der Waals surface area contributed by atoms with E-state index in [0.29, 0.717) is 23.2 Å². The Morgan fingerprint density at radius 1 is 1.04 bits per heavy atom. The van der Waals surface area contributed by atoms with Crippen LogP contribution in [0.2, 0.25) is 0 Å². The number of rotatable bonds is 5. The van der Waals surface area contributed by atoms with Gasteiger partial charge in [-0.2, -0.15) is 0 Å². The van der Waals surface area contributed by atoms with E-state index in [1.807, 2.05) is 12.1 Å². The number of nitrogens with two attached hydrogens (primary N) is 1. The Balaban J connectivity index is 1.41. The van der Waals surface area contributed by atoms with E-state index >= 15 is 0 Å². The van der Waals surface area contributed by atoms with E-state index < -0.39 is 0 Å². The summed E-state index contributed by atoms with van der Waals surface area (Å²) in [7, 11) is 0. The summed E-state index contributed by atoms with van der Waals surface area (Å²) >= 11 is 3.39. The number of aromatic nitrogens is 3. The standard InChI is InChI=1S/C21H23BrN6/c22-17-6-7-18(24-13-17)27-20-19(23)21(26-14-25-20)28-10-8-16(9-11-28)12-15-4-2-1-3-5-15/h1-7,13-14,16H,8-12,23H2,(H,24,25,26,27). The molecule has 0 atom stereocenters. The Kier molecular flexibility index (Phi) is 5.71. The van der Waals surface area contributed by atoms with E-state index in [2.05, 4.69) is 71.4 Å². The number of nitrogens with zero attached hydrogens (tertiary/aromatic N) is 4. The first-order chi connectivity index (χ1) is 13.7. The van der Waals surface area contributed by atoms with Crippen molar-refractivity contribution in [1.82, 2.24) is 15.0 Å². The van der Waals surface area contributed by atoms with Crippen LogP contribution in [0.5, 0.6) is 0 Å². The number of anilines is 4. The topological polar surface area (TPSA) is 80.0 Å². The van der Waals surface area contributed by atoms with E-state index in [0.717, 1.165) is 42.6 Å². The minimum Gasteiger partial charge on any atom is -0.393 e. The Bertz CT molecular complexity index is 908. The summed E-state index contributed by atoms with van der Waals surface area (Å²) in [5.41, 5.74) is 8.36. The predicted molar refractivity (Wildman–Crippen MR) is 117 cm³/mol. The smallest absolute Gasteiger partial charge is 0.160 e. The highest BCUT2D eigenvalue weighted by molar-refractivity contribution is 9.10. The lowest BCUT2D eigenvalue weighted by Gasteiger charge is -2.33. The molecule has 3 N–H and O–H groups in total. The molecule has 6 nitrogen and oxygen atoms in total. The van der Waals surface area contributed by atoms with Gasteiger partial charge in [-0.25, -0.2) is 15.0 Å². The van der Waals surface area contributed by atoms with Crippen LogP contribution in [-0.4, -0.2) is 28.0 Å². The van der Waals surface area contributed by atoms with Gasteiger partial charge in [0.25, 0.3) is 0 Å². The first-order valence-corrected chi connectivity index (χ1v) is 10.3. The normalized spacial score (nSPS) is 14.8. The third-order valence-electron chi connectivity index (χ3n) is 5.12. The molecule has 1 aliphatic heterocycles. The molecule has 1 saturated heterocycles. The first-order valence-electron chi connectivity index (χ1n) is 9.47. The van der Waals surface area contributed by atoms with Crippen molar-refractivity contribution in [3.63, 3.8) is 0 Å². The second kappa shape index (κ2) is 8.56. The van der Waals surface area contributed by atoms with Crippen molar-refractivity contribution < 1.29 is 0 Å². The van der Waals surface area contributed by atoms with Crippen LogP contribution < -0.4 is 16.0 Å².